The van der Waals surface area contributed by atoms with Gasteiger partial charge in [0.15, 0.2) is 0 Å². The van der Waals surface area contributed by atoms with Crippen LogP contribution in [0.5, 0.6) is 0 Å². The quantitative estimate of drug-likeness (QED) is 0.517. The first kappa shape index (κ1) is 20.7. The average molecular weight is 378 g/mol. The first-order valence-electron chi connectivity index (χ1n) is 11.1. The minimum atomic E-state index is -0.500. The Bertz CT molecular complexity index is 760. The van der Waals surface area contributed by atoms with Gasteiger partial charge in [-0.2, -0.15) is 5.26 Å². The van der Waals surface area contributed by atoms with Crippen LogP contribution in [0.4, 0.5) is 4.39 Å². The van der Waals surface area contributed by atoms with Gasteiger partial charge in [-0.05, 0) is 86.5 Å². The maximum Gasteiger partial charge on any atom is 0.142 e. The Labute approximate surface area is 170 Å². The van der Waals surface area contributed by atoms with E-state index in [0.717, 1.165) is 17.8 Å². The van der Waals surface area contributed by atoms with E-state index in [1.165, 1.54) is 76.3 Å². The molecule has 2 aliphatic carbocycles. The van der Waals surface area contributed by atoms with Crippen LogP contribution in [0.15, 0.2) is 30.4 Å². The van der Waals surface area contributed by atoms with E-state index in [2.05, 4.69) is 24.8 Å². The highest BCUT2D eigenvalue weighted by molar-refractivity contribution is 5.42. The van der Waals surface area contributed by atoms with Crippen molar-refractivity contribution in [1.82, 2.24) is 0 Å². The van der Waals surface area contributed by atoms with Crippen molar-refractivity contribution in [3.05, 3.63) is 47.3 Å². The van der Waals surface area contributed by atoms with E-state index in [1.54, 1.807) is 6.07 Å². The van der Waals surface area contributed by atoms with Gasteiger partial charge in [0.05, 0.1) is 5.56 Å². The zero-order chi connectivity index (χ0) is 19.8. The molecule has 0 saturated heterocycles. The smallest absolute Gasteiger partial charge is 0.142 e. The van der Waals surface area contributed by atoms with Gasteiger partial charge < -0.3 is 0 Å². The van der Waals surface area contributed by atoms with Crippen molar-refractivity contribution in [2.24, 2.45) is 23.7 Å². The van der Waals surface area contributed by atoms with Crippen LogP contribution in [0.3, 0.4) is 0 Å². The van der Waals surface area contributed by atoms with E-state index in [-0.39, 0.29) is 5.56 Å². The highest BCUT2D eigenvalue weighted by atomic mass is 19.1. The molecular weight excluding hydrogens is 345 g/mol. The van der Waals surface area contributed by atoms with Gasteiger partial charge in [0.1, 0.15) is 11.9 Å². The fraction of sp³-hybridized carbons (Fsp3) is 0.577. The number of nitriles is 1. The van der Waals surface area contributed by atoms with Gasteiger partial charge in [0.2, 0.25) is 0 Å². The molecule has 1 aromatic rings. The summed E-state index contributed by atoms with van der Waals surface area (Å²) >= 11 is 0. The van der Waals surface area contributed by atoms with Crippen molar-refractivity contribution in [1.29, 1.82) is 5.26 Å². The van der Waals surface area contributed by atoms with E-state index >= 15 is 0 Å². The fourth-order valence-corrected chi connectivity index (χ4v) is 5.16. The highest BCUT2D eigenvalue weighted by Gasteiger charge is 2.29. The summed E-state index contributed by atoms with van der Waals surface area (Å²) in [4.78, 5) is 0. The van der Waals surface area contributed by atoms with Crippen LogP contribution in [0.25, 0.3) is 0 Å². The minimum absolute atomic E-state index is 0.0664. The fourth-order valence-electron chi connectivity index (χ4n) is 5.16. The second-order valence-corrected chi connectivity index (χ2v) is 8.68. The van der Waals surface area contributed by atoms with Crippen LogP contribution >= 0.6 is 0 Å². The molecule has 3 rings (SSSR count). The third-order valence-electron chi connectivity index (χ3n) is 6.83. The summed E-state index contributed by atoms with van der Waals surface area (Å²) < 4.78 is 13.6. The van der Waals surface area contributed by atoms with Gasteiger partial charge in [0, 0.05) is 5.56 Å². The van der Waals surface area contributed by atoms with Gasteiger partial charge >= 0.3 is 0 Å². The zero-order valence-electron chi connectivity index (χ0n) is 17.1. The van der Waals surface area contributed by atoms with Gasteiger partial charge in [-0.25, -0.2) is 4.39 Å². The molecule has 2 fully saturated rings. The van der Waals surface area contributed by atoms with Crippen LogP contribution in [0.2, 0.25) is 0 Å². The van der Waals surface area contributed by atoms with Crippen molar-refractivity contribution in [2.45, 2.75) is 71.1 Å². The predicted octanol–water partition coefficient (Wildman–Crippen LogP) is 7.02. The first-order valence-corrected chi connectivity index (χ1v) is 11.1. The molecule has 0 bridgehead atoms. The van der Waals surface area contributed by atoms with Crippen molar-refractivity contribution in [3.63, 3.8) is 0 Å². The summed E-state index contributed by atoms with van der Waals surface area (Å²) in [6, 6.07) is 6.35. The lowest BCUT2D eigenvalue weighted by atomic mass is 9.69. The number of rotatable bonds is 4. The molecule has 0 atom stereocenters. The Morgan fingerprint density at radius 2 is 1.71 bits per heavy atom. The van der Waals surface area contributed by atoms with Crippen molar-refractivity contribution < 1.29 is 4.39 Å². The Balaban J connectivity index is 1.42. The molecule has 0 aromatic heterocycles. The number of hydrogen-bond donors (Lipinski definition) is 0. The molecule has 0 aliphatic heterocycles. The molecule has 1 aromatic carbocycles. The standard InChI is InChI=1S/C26H32FN/c1-2-5-20-8-13-23(14-9-20)24-15-10-21(11-16-24)6-3-4-7-22-12-17-25(19-28)26(27)18-22/h3,6,12,17-18,20-21,23-24H,2,5,8-11,13-16H2,1H3/t20-,21-,23-,24-. The lowest BCUT2D eigenvalue weighted by Gasteiger charge is -2.37. The van der Waals surface area contributed by atoms with Gasteiger partial charge in [-0.1, -0.05) is 50.5 Å². The molecule has 2 aliphatic rings. The van der Waals surface area contributed by atoms with Crippen molar-refractivity contribution >= 4 is 0 Å². The third-order valence-corrected chi connectivity index (χ3v) is 6.83. The molecule has 0 heterocycles. The van der Waals surface area contributed by atoms with E-state index in [0.29, 0.717) is 11.5 Å². The van der Waals surface area contributed by atoms with Gasteiger partial charge in [-0.15, -0.1) is 0 Å². The lowest BCUT2D eigenvalue weighted by molar-refractivity contribution is 0.152. The molecular formula is C26H32FN. The second-order valence-electron chi connectivity index (χ2n) is 8.68. The summed E-state index contributed by atoms with van der Waals surface area (Å²) in [5.41, 5.74) is 0.681. The number of halogens is 1. The molecule has 148 valence electrons. The third kappa shape index (κ3) is 5.72. The van der Waals surface area contributed by atoms with E-state index in [1.807, 2.05) is 12.1 Å². The Morgan fingerprint density at radius 1 is 1.04 bits per heavy atom. The van der Waals surface area contributed by atoms with Crippen molar-refractivity contribution in [3.8, 4) is 17.9 Å². The van der Waals surface area contributed by atoms with Gasteiger partial charge in [0.25, 0.3) is 0 Å². The number of benzene rings is 1. The average Bonchev–Trinajstić information content (AvgIpc) is 2.73. The number of nitrogens with zero attached hydrogens (tertiary/aromatic N) is 1. The zero-order valence-corrected chi connectivity index (χ0v) is 17.1. The van der Waals surface area contributed by atoms with Crippen LogP contribution in [0, 0.1) is 52.7 Å². The molecule has 2 saturated carbocycles. The summed E-state index contributed by atoms with van der Waals surface area (Å²) in [5, 5.41) is 8.77. The summed E-state index contributed by atoms with van der Waals surface area (Å²) in [7, 11) is 0. The summed E-state index contributed by atoms with van der Waals surface area (Å²) in [6.45, 7) is 2.31. The Morgan fingerprint density at radius 3 is 2.32 bits per heavy atom. The van der Waals surface area contributed by atoms with E-state index < -0.39 is 5.82 Å². The van der Waals surface area contributed by atoms with Gasteiger partial charge in [-0.3, -0.25) is 0 Å². The summed E-state index contributed by atoms with van der Waals surface area (Å²) in [5.74, 6) is 9.05. The van der Waals surface area contributed by atoms with Crippen LogP contribution in [-0.4, -0.2) is 0 Å². The minimum Gasteiger partial charge on any atom is -0.206 e. The molecule has 0 amide bonds. The van der Waals surface area contributed by atoms with E-state index in [4.69, 9.17) is 5.26 Å². The van der Waals surface area contributed by atoms with Crippen molar-refractivity contribution in [2.75, 3.05) is 0 Å². The first-order chi connectivity index (χ1) is 13.7. The Hall–Kier alpha value is -2.06. The SMILES string of the molecule is CCC[C@H]1CC[C@H]([C@H]2CC[C@H](C=CC#Cc3ccc(C#N)c(F)c3)CC2)CC1. The molecule has 0 unspecified atom stereocenters. The van der Waals surface area contributed by atoms with Crippen LogP contribution in [-0.2, 0) is 0 Å². The number of hydrogen-bond acceptors (Lipinski definition) is 1. The topological polar surface area (TPSA) is 23.8 Å². The van der Waals surface area contributed by atoms with Crippen LogP contribution < -0.4 is 0 Å². The largest absolute Gasteiger partial charge is 0.206 e. The maximum atomic E-state index is 13.6. The highest BCUT2D eigenvalue weighted by Crippen LogP contribution is 2.42. The maximum absolute atomic E-state index is 13.6. The van der Waals surface area contributed by atoms with E-state index in [9.17, 15) is 4.39 Å². The lowest BCUT2D eigenvalue weighted by Crippen LogP contribution is -2.25. The molecule has 0 radical (unpaired) electrons. The molecule has 0 spiro atoms. The molecule has 1 nitrogen and oxygen atoms in total. The molecule has 2 heteroatoms. The van der Waals surface area contributed by atoms with Crippen LogP contribution in [0.1, 0.15) is 82.3 Å². The monoisotopic (exact) mass is 377 g/mol. The Kier molecular flexibility index (Phi) is 7.73. The molecule has 0 N–H and O–H groups in total. The normalized spacial score (nSPS) is 27.8. The second kappa shape index (κ2) is 10.5. The summed E-state index contributed by atoms with van der Waals surface area (Å²) in [6.07, 6.45) is 18.1. The predicted molar refractivity (Wildman–Crippen MR) is 113 cm³/mol. The molecule has 28 heavy (non-hydrogen) atoms. The number of allylic oxidation sites excluding steroid dienone is 2.